The van der Waals surface area contributed by atoms with Crippen molar-refractivity contribution >= 4 is 0 Å². The van der Waals surface area contributed by atoms with Gasteiger partial charge in [0.2, 0.25) is 0 Å². The van der Waals surface area contributed by atoms with Gasteiger partial charge in [-0.1, -0.05) is 53.7 Å². The molecule has 112 valence electrons. The number of nitrogens with zero attached hydrogens (tertiary/aromatic N) is 2. The molecule has 1 unspecified atom stereocenters. The van der Waals surface area contributed by atoms with E-state index < -0.39 is 0 Å². The fraction of sp³-hybridized carbons (Fsp3) is 0.176. The summed E-state index contributed by atoms with van der Waals surface area (Å²) in [5.41, 5.74) is 1.92. The quantitative estimate of drug-likeness (QED) is 0.731. The first-order valence-corrected chi connectivity index (χ1v) is 7.14. The third-order valence-corrected chi connectivity index (χ3v) is 3.38. The van der Waals surface area contributed by atoms with E-state index in [9.17, 15) is 5.11 Å². The smallest absolute Gasteiger partial charge is 0.257 e. The molecule has 1 aromatic heterocycles. The highest BCUT2D eigenvalue weighted by Crippen LogP contribution is 2.17. The van der Waals surface area contributed by atoms with Crippen LogP contribution in [0, 0.1) is 0 Å². The number of aliphatic hydroxyl groups is 1. The Kier molecular flexibility index (Phi) is 4.58. The Balaban J connectivity index is 1.65. The zero-order chi connectivity index (χ0) is 15.2. The van der Waals surface area contributed by atoms with E-state index in [1.807, 2.05) is 60.7 Å². The molecule has 2 aromatic carbocycles. The second-order valence-corrected chi connectivity index (χ2v) is 4.91. The van der Waals surface area contributed by atoms with Crippen LogP contribution in [0.4, 0.5) is 0 Å². The molecule has 0 amide bonds. The van der Waals surface area contributed by atoms with Crippen LogP contribution in [0.1, 0.15) is 17.4 Å². The highest BCUT2D eigenvalue weighted by atomic mass is 16.5. The van der Waals surface area contributed by atoms with Gasteiger partial charge < -0.3 is 14.9 Å². The van der Waals surface area contributed by atoms with Crippen LogP contribution < -0.4 is 5.32 Å². The van der Waals surface area contributed by atoms with Crippen LogP contribution in [-0.2, 0) is 6.54 Å². The molecule has 0 fully saturated rings. The lowest BCUT2D eigenvalue weighted by molar-refractivity contribution is 0.242. The Morgan fingerprint density at radius 2 is 1.68 bits per heavy atom. The van der Waals surface area contributed by atoms with Crippen molar-refractivity contribution in [3.8, 4) is 11.5 Å². The maximum atomic E-state index is 9.51. The summed E-state index contributed by atoms with van der Waals surface area (Å²) in [4.78, 5) is 4.36. The van der Waals surface area contributed by atoms with Gasteiger partial charge in [0.1, 0.15) is 0 Å². The minimum atomic E-state index is -0.153. The van der Waals surface area contributed by atoms with Crippen molar-refractivity contribution in [2.24, 2.45) is 0 Å². The van der Waals surface area contributed by atoms with E-state index in [0.717, 1.165) is 11.1 Å². The maximum Gasteiger partial charge on any atom is 0.257 e. The van der Waals surface area contributed by atoms with E-state index in [1.165, 1.54) is 0 Å². The maximum absolute atomic E-state index is 9.51. The zero-order valence-corrected chi connectivity index (χ0v) is 12.0. The van der Waals surface area contributed by atoms with Gasteiger partial charge in [-0.25, -0.2) is 0 Å². The summed E-state index contributed by atoms with van der Waals surface area (Å²) >= 11 is 0. The van der Waals surface area contributed by atoms with Crippen molar-refractivity contribution in [1.82, 2.24) is 15.5 Å². The van der Waals surface area contributed by atoms with Gasteiger partial charge in [0.25, 0.3) is 5.89 Å². The number of hydrogen-bond donors (Lipinski definition) is 2. The van der Waals surface area contributed by atoms with E-state index in [2.05, 4.69) is 15.5 Å². The molecule has 22 heavy (non-hydrogen) atoms. The van der Waals surface area contributed by atoms with Gasteiger partial charge in [-0.2, -0.15) is 4.98 Å². The molecular formula is C17H17N3O2. The minimum absolute atomic E-state index is 0.00735. The largest absolute Gasteiger partial charge is 0.394 e. The van der Waals surface area contributed by atoms with Gasteiger partial charge in [-0.05, 0) is 17.7 Å². The van der Waals surface area contributed by atoms with Crippen LogP contribution in [0.25, 0.3) is 11.5 Å². The number of aromatic nitrogens is 2. The van der Waals surface area contributed by atoms with Crippen LogP contribution in [-0.4, -0.2) is 21.9 Å². The summed E-state index contributed by atoms with van der Waals surface area (Å²) in [6, 6.07) is 19.3. The van der Waals surface area contributed by atoms with E-state index in [4.69, 9.17) is 4.52 Å². The van der Waals surface area contributed by atoms with E-state index >= 15 is 0 Å². The van der Waals surface area contributed by atoms with Crippen LogP contribution >= 0.6 is 0 Å². The molecule has 5 heteroatoms. The first-order chi connectivity index (χ1) is 10.9. The first kappa shape index (κ1) is 14.4. The molecular weight excluding hydrogens is 278 g/mol. The average molecular weight is 295 g/mol. The molecule has 0 bridgehead atoms. The number of hydrogen-bond acceptors (Lipinski definition) is 5. The first-order valence-electron chi connectivity index (χ1n) is 7.14. The summed E-state index contributed by atoms with van der Waals surface area (Å²) in [5, 5.41) is 16.7. The zero-order valence-electron chi connectivity index (χ0n) is 12.0. The van der Waals surface area contributed by atoms with E-state index in [-0.39, 0.29) is 12.6 Å². The van der Waals surface area contributed by atoms with Crippen LogP contribution in [0.3, 0.4) is 0 Å². The average Bonchev–Trinajstić information content (AvgIpc) is 3.06. The number of rotatable bonds is 6. The monoisotopic (exact) mass is 295 g/mol. The van der Waals surface area contributed by atoms with E-state index in [1.54, 1.807) is 0 Å². The van der Waals surface area contributed by atoms with E-state index in [0.29, 0.717) is 18.3 Å². The lowest BCUT2D eigenvalue weighted by atomic mass is 10.1. The van der Waals surface area contributed by atoms with Crippen molar-refractivity contribution < 1.29 is 9.63 Å². The van der Waals surface area contributed by atoms with Crippen LogP contribution in [0.15, 0.2) is 65.2 Å². The molecule has 0 spiro atoms. The predicted molar refractivity (Wildman–Crippen MR) is 82.8 cm³/mol. The molecule has 0 aliphatic heterocycles. The van der Waals surface area contributed by atoms with Crippen molar-refractivity contribution in [2.45, 2.75) is 12.6 Å². The molecule has 5 nitrogen and oxygen atoms in total. The highest BCUT2D eigenvalue weighted by molar-refractivity contribution is 5.51. The molecule has 3 rings (SSSR count). The van der Waals surface area contributed by atoms with Gasteiger partial charge in [0.15, 0.2) is 5.82 Å². The minimum Gasteiger partial charge on any atom is -0.394 e. The predicted octanol–water partition coefficient (Wildman–Crippen LogP) is 2.56. The standard InChI is InChI=1S/C17H17N3O2/c21-12-15(13-7-3-1-4-8-13)18-11-16-19-17(22-20-16)14-9-5-2-6-10-14/h1-10,15,18,21H,11-12H2. The Bertz CT molecular complexity index is 698. The van der Waals surface area contributed by atoms with Crippen molar-refractivity contribution in [3.63, 3.8) is 0 Å². The molecule has 1 atom stereocenters. The fourth-order valence-corrected chi connectivity index (χ4v) is 2.21. The second-order valence-electron chi connectivity index (χ2n) is 4.91. The molecule has 1 heterocycles. The van der Waals surface area contributed by atoms with Crippen molar-refractivity contribution in [3.05, 3.63) is 72.1 Å². The lowest BCUT2D eigenvalue weighted by Gasteiger charge is -2.15. The van der Waals surface area contributed by atoms with Gasteiger partial charge >= 0.3 is 0 Å². The Morgan fingerprint density at radius 3 is 2.36 bits per heavy atom. The third-order valence-electron chi connectivity index (χ3n) is 3.38. The third kappa shape index (κ3) is 3.39. The topological polar surface area (TPSA) is 71.2 Å². The summed E-state index contributed by atoms with van der Waals surface area (Å²) in [7, 11) is 0. The molecule has 2 N–H and O–H groups in total. The summed E-state index contributed by atoms with van der Waals surface area (Å²) in [5.74, 6) is 1.06. The number of nitrogens with one attached hydrogen (secondary N) is 1. The fourth-order valence-electron chi connectivity index (χ4n) is 2.21. The van der Waals surface area contributed by atoms with Crippen LogP contribution in [0.2, 0.25) is 0 Å². The second kappa shape index (κ2) is 6.98. The normalized spacial score (nSPS) is 12.2. The molecule has 0 saturated carbocycles. The van der Waals surface area contributed by atoms with Crippen molar-refractivity contribution in [1.29, 1.82) is 0 Å². The Hall–Kier alpha value is -2.50. The molecule has 3 aromatic rings. The van der Waals surface area contributed by atoms with Crippen molar-refractivity contribution in [2.75, 3.05) is 6.61 Å². The van der Waals surface area contributed by atoms with Gasteiger partial charge in [0, 0.05) is 5.56 Å². The molecule has 0 aliphatic rings. The molecule has 0 saturated heterocycles. The van der Waals surface area contributed by atoms with Gasteiger partial charge in [-0.3, -0.25) is 0 Å². The Morgan fingerprint density at radius 1 is 1.00 bits per heavy atom. The summed E-state index contributed by atoms with van der Waals surface area (Å²) < 4.78 is 5.26. The SMILES string of the molecule is OCC(NCc1noc(-c2ccccc2)n1)c1ccccc1. The molecule has 0 radical (unpaired) electrons. The lowest BCUT2D eigenvalue weighted by Crippen LogP contribution is -2.24. The Labute approximate surface area is 128 Å². The van der Waals surface area contributed by atoms with Gasteiger partial charge in [-0.15, -0.1) is 0 Å². The highest BCUT2D eigenvalue weighted by Gasteiger charge is 2.12. The summed E-state index contributed by atoms with van der Waals surface area (Å²) in [6.45, 7) is 0.434. The molecule has 0 aliphatic carbocycles. The number of benzene rings is 2. The summed E-state index contributed by atoms with van der Waals surface area (Å²) in [6.07, 6.45) is 0. The van der Waals surface area contributed by atoms with Gasteiger partial charge in [0.05, 0.1) is 19.2 Å². The number of aliphatic hydroxyl groups excluding tert-OH is 1. The van der Waals surface area contributed by atoms with Crippen LogP contribution in [0.5, 0.6) is 0 Å².